The molecule has 34 heavy (non-hydrogen) atoms. The maximum Gasteiger partial charge on any atom is 0.258 e. The van der Waals surface area contributed by atoms with Gasteiger partial charge >= 0.3 is 0 Å². The zero-order valence-electron chi connectivity index (χ0n) is 18.6. The molecule has 2 aromatic carbocycles. The van der Waals surface area contributed by atoms with Crippen LogP contribution in [0.1, 0.15) is 29.9 Å². The number of amides is 2. The minimum Gasteiger partial charge on any atom is -0.357 e. The van der Waals surface area contributed by atoms with Crippen LogP contribution in [0.5, 0.6) is 0 Å². The van der Waals surface area contributed by atoms with Gasteiger partial charge in [0.25, 0.3) is 11.5 Å². The van der Waals surface area contributed by atoms with Crippen LogP contribution >= 0.6 is 0 Å². The molecule has 2 N–H and O–H groups in total. The highest BCUT2D eigenvalue weighted by Gasteiger charge is 2.55. The molecule has 0 spiro atoms. The number of para-hydroxylation sites is 1. The van der Waals surface area contributed by atoms with E-state index in [4.69, 9.17) is 0 Å². The first-order valence-electron chi connectivity index (χ1n) is 11.7. The Hall–Kier alpha value is -3.94. The zero-order chi connectivity index (χ0) is 23.2. The molecule has 6 rings (SSSR count). The van der Waals surface area contributed by atoms with Crippen molar-refractivity contribution in [2.45, 2.75) is 31.2 Å². The Labute approximate surface area is 196 Å². The molecule has 0 aliphatic carbocycles. The molecular weight excluding hydrogens is 430 g/mol. The molecule has 3 aromatic rings. The fourth-order valence-electron chi connectivity index (χ4n) is 5.40. The first kappa shape index (κ1) is 20.7. The summed E-state index contributed by atoms with van der Waals surface area (Å²) in [6, 6.07) is 18.5. The lowest BCUT2D eigenvalue weighted by Crippen LogP contribution is -2.37. The maximum atomic E-state index is 13.2. The van der Waals surface area contributed by atoms with Gasteiger partial charge in [-0.25, -0.2) is 4.90 Å². The third kappa shape index (κ3) is 3.37. The van der Waals surface area contributed by atoms with Crippen LogP contribution in [0, 0.1) is 5.92 Å². The number of carbonyl (C=O) groups excluding carboxylic acids is 2. The number of hydrogen-bond donors (Lipinski definition) is 2. The van der Waals surface area contributed by atoms with E-state index in [2.05, 4.69) is 44.5 Å². The number of imide groups is 1. The molecule has 0 radical (unpaired) electrons. The molecule has 2 fully saturated rings. The van der Waals surface area contributed by atoms with Crippen LogP contribution in [-0.4, -0.2) is 40.9 Å². The molecule has 8 nitrogen and oxygen atoms in total. The number of rotatable bonds is 4. The van der Waals surface area contributed by atoms with Crippen LogP contribution < -0.4 is 20.7 Å². The van der Waals surface area contributed by atoms with Crippen LogP contribution in [0.25, 0.3) is 0 Å². The van der Waals surface area contributed by atoms with Crippen molar-refractivity contribution in [2.24, 2.45) is 5.92 Å². The summed E-state index contributed by atoms with van der Waals surface area (Å²) >= 11 is 0. The fourth-order valence-corrected chi connectivity index (χ4v) is 5.40. The highest BCUT2D eigenvalue weighted by atomic mass is 16.2. The van der Waals surface area contributed by atoms with Gasteiger partial charge in [0.2, 0.25) is 11.9 Å². The van der Waals surface area contributed by atoms with E-state index in [0.717, 1.165) is 37.3 Å². The second-order valence-corrected chi connectivity index (χ2v) is 9.22. The van der Waals surface area contributed by atoms with Crippen molar-refractivity contribution < 1.29 is 9.59 Å². The number of fused-ring (bicyclic) bond motifs is 3. The van der Waals surface area contributed by atoms with Crippen LogP contribution in [0.3, 0.4) is 0 Å². The Morgan fingerprint density at radius 2 is 1.56 bits per heavy atom. The van der Waals surface area contributed by atoms with Gasteiger partial charge < -0.3 is 10.2 Å². The minimum atomic E-state index is -0.857. The Bertz CT molecular complexity index is 1300. The summed E-state index contributed by atoms with van der Waals surface area (Å²) in [5.41, 5.74) is 1.75. The predicted octanol–water partition coefficient (Wildman–Crippen LogP) is 2.68. The number of piperidine rings is 1. The molecule has 2 unspecified atom stereocenters. The summed E-state index contributed by atoms with van der Waals surface area (Å²) in [4.78, 5) is 50.0. The monoisotopic (exact) mass is 455 g/mol. The van der Waals surface area contributed by atoms with Gasteiger partial charge in [-0.05, 0) is 42.9 Å². The van der Waals surface area contributed by atoms with Gasteiger partial charge in [0.1, 0.15) is 17.8 Å². The average molecular weight is 456 g/mol. The fraction of sp³-hybridized carbons (Fsp3) is 0.308. The summed E-state index contributed by atoms with van der Waals surface area (Å²) in [6.07, 6.45) is 3.07. The number of anilines is 3. The smallest absolute Gasteiger partial charge is 0.258 e. The summed E-state index contributed by atoms with van der Waals surface area (Å²) in [7, 11) is 0. The number of aromatic amines is 1. The van der Waals surface area contributed by atoms with Crippen molar-refractivity contribution in [3.05, 3.63) is 82.1 Å². The third-order valence-corrected chi connectivity index (χ3v) is 7.15. The molecule has 2 atom stereocenters. The lowest BCUT2D eigenvalue weighted by Gasteiger charge is -2.32. The Kier molecular flexibility index (Phi) is 4.94. The number of aromatic nitrogens is 2. The predicted molar refractivity (Wildman–Crippen MR) is 129 cm³/mol. The van der Waals surface area contributed by atoms with E-state index in [-0.39, 0.29) is 17.0 Å². The van der Waals surface area contributed by atoms with E-state index in [1.54, 1.807) is 24.3 Å². The lowest BCUT2D eigenvalue weighted by molar-refractivity contribution is -0.121. The first-order valence-corrected chi connectivity index (χ1v) is 11.7. The molecule has 1 aromatic heterocycles. The maximum absolute atomic E-state index is 13.2. The quantitative estimate of drug-likeness (QED) is 0.587. The normalized spacial score (nSPS) is 22.0. The number of hydrogen-bond acceptors (Lipinski definition) is 6. The molecule has 0 bridgehead atoms. The van der Waals surface area contributed by atoms with Crippen molar-refractivity contribution in [1.82, 2.24) is 9.97 Å². The highest BCUT2D eigenvalue weighted by molar-refractivity contribution is 6.27. The Morgan fingerprint density at radius 3 is 2.26 bits per heavy atom. The molecule has 4 heterocycles. The van der Waals surface area contributed by atoms with E-state index >= 15 is 0 Å². The summed E-state index contributed by atoms with van der Waals surface area (Å²) in [5.74, 6) is -0.180. The van der Waals surface area contributed by atoms with E-state index in [0.29, 0.717) is 23.4 Å². The van der Waals surface area contributed by atoms with Gasteiger partial charge in [0.05, 0.1) is 11.3 Å². The van der Waals surface area contributed by atoms with Crippen molar-refractivity contribution in [3.63, 3.8) is 0 Å². The van der Waals surface area contributed by atoms with Crippen LogP contribution in [0.4, 0.5) is 17.5 Å². The average Bonchev–Trinajstić information content (AvgIpc) is 3.36. The molecule has 2 amide bonds. The molecule has 8 heteroatoms. The number of H-pyrrole nitrogens is 1. The number of benzene rings is 2. The van der Waals surface area contributed by atoms with Crippen molar-refractivity contribution in [1.29, 1.82) is 0 Å². The van der Waals surface area contributed by atoms with Gasteiger partial charge in [-0.3, -0.25) is 19.4 Å². The molecule has 0 saturated carbocycles. The molecule has 3 aliphatic rings. The summed E-state index contributed by atoms with van der Waals surface area (Å²) in [6.45, 7) is 1.59. The Morgan fingerprint density at radius 1 is 0.882 bits per heavy atom. The summed E-state index contributed by atoms with van der Waals surface area (Å²) < 4.78 is 0. The van der Waals surface area contributed by atoms with Crippen molar-refractivity contribution in [3.8, 4) is 0 Å². The highest BCUT2D eigenvalue weighted by Crippen LogP contribution is 2.41. The van der Waals surface area contributed by atoms with Gasteiger partial charge in [-0.15, -0.1) is 0 Å². The van der Waals surface area contributed by atoms with E-state index in [1.807, 2.05) is 12.1 Å². The van der Waals surface area contributed by atoms with Gasteiger partial charge in [0.15, 0.2) is 0 Å². The van der Waals surface area contributed by atoms with Crippen LogP contribution in [0.15, 0.2) is 65.5 Å². The van der Waals surface area contributed by atoms with E-state index < -0.39 is 17.9 Å². The zero-order valence-corrected chi connectivity index (χ0v) is 18.6. The van der Waals surface area contributed by atoms with E-state index in [1.165, 1.54) is 5.56 Å². The summed E-state index contributed by atoms with van der Waals surface area (Å²) in [5, 5.41) is 3.07. The first-order chi connectivity index (χ1) is 16.6. The largest absolute Gasteiger partial charge is 0.357 e. The van der Waals surface area contributed by atoms with E-state index in [9.17, 15) is 14.4 Å². The Balaban J connectivity index is 1.20. The lowest BCUT2D eigenvalue weighted by atomic mass is 9.90. The molecular formula is C26H25N5O3. The number of nitrogens with zero attached hydrogens (tertiary/aromatic N) is 3. The van der Waals surface area contributed by atoms with Crippen molar-refractivity contribution in [2.75, 3.05) is 28.2 Å². The third-order valence-electron chi connectivity index (χ3n) is 7.15. The van der Waals surface area contributed by atoms with Gasteiger partial charge in [0, 0.05) is 13.1 Å². The SMILES string of the molecule is O=C1C2Nc3nc(N4CCC(Cc5ccccc5)CC4)[nH]c(=O)c3C2C(=O)N1c1ccccc1. The topological polar surface area (TPSA) is 98.4 Å². The molecule has 3 aliphatic heterocycles. The van der Waals surface area contributed by atoms with Gasteiger partial charge in [-0.1, -0.05) is 48.5 Å². The standard InChI is InChI=1S/C26H25N5O3/c32-23-20-19-21(25(34)31(24(19)33)18-9-5-2-6-10-18)27-22(20)28-26(29-23)30-13-11-17(12-14-30)15-16-7-3-1-4-8-16/h1-10,17,19,21H,11-15H2,(H2,27,28,29,32). The van der Waals surface area contributed by atoms with Crippen molar-refractivity contribution >= 4 is 29.3 Å². The van der Waals surface area contributed by atoms with Crippen LogP contribution in [0.2, 0.25) is 0 Å². The van der Waals surface area contributed by atoms with Crippen LogP contribution in [-0.2, 0) is 16.0 Å². The minimum absolute atomic E-state index is 0.254. The molecule has 2 saturated heterocycles. The number of nitrogens with one attached hydrogen (secondary N) is 2. The molecule has 172 valence electrons. The second-order valence-electron chi connectivity index (χ2n) is 9.22. The van der Waals surface area contributed by atoms with Gasteiger partial charge in [-0.2, -0.15) is 4.98 Å². The second kappa shape index (κ2) is 8.13. The number of carbonyl (C=O) groups is 2.